The SMILES string of the molecule is COc1cc(C#Cn2ncc3c(N)ncnc32)cc(OC)c1. The van der Waals surface area contributed by atoms with Crippen LogP contribution in [0.1, 0.15) is 5.56 Å². The molecule has 110 valence electrons. The van der Waals surface area contributed by atoms with Crippen LogP contribution in [0.3, 0.4) is 0 Å². The number of hydrogen-bond acceptors (Lipinski definition) is 6. The third-order valence-electron chi connectivity index (χ3n) is 3.05. The number of benzene rings is 1. The molecule has 3 aromatic rings. The summed E-state index contributed by atoms with van der Waals surface area (Å²) in [7, 11) is 3.18. The molecular formula is C15H13N5O2. The first kappa shape index (κ1) is 13.7. The van der Waals surface area contributed by atoms with Gasteiger partial charge in [0.05, 0.1) is 25.8 Å². The summed E-state index contributed by atoms with van der Waals surface area (Å²) in [6, 6.07) is 8.31. The van der Waals surface area contributed by atoms with E-state index in [1.54, 1.807) is 26.5 Å². The molecule has 7 heteroatoms. The quantitative estimate of drug-likeness (QED) is 0.717. The fourth-order valence-electron chi connectivity index (χ4n) is 1.94. The number of nitrogens with zero attached hydrogens (tertiary/aromatic N) is 4. The van der Waals surface area contributed by atoms with Gasteiger partial charge in [0.2, 0.25) is 0 Å². The van der Waals surface area contributed by atoms with Crippen LogP contribution in [0.4, 0.5) is 5.82 Å². The van der Waals surface area contributed by atoms with Gasteiger partial charge in [-0.25, -0.2) is 9.97 Å². The lowest BCUT2D eigenvalue weighted by Crippen LogP contribution is -1.96. The summed E-state index contributed by atoms with van der Waals surface area (Å²) in [6.07, 6.45) is 2.97. The van der Waals surface area contributed by atoms with Crippen molar-refractivity contribution >= 4 is 16.9 Å². The van der Waals surface area contributed by atoms with E-state index in [1.807, 2.05) is 12.1 Å². The summed E-state index contributed by atoms with van der Waals surface area (Å²) < 4.78 is 11.9. The summed E-state index contributed by atoms with van der Waals surface area (Å²) in [5.41, 5.74) is 7.07. The highest BCUT2D eigenvalue weighted by Gasteiger charge is 2.05. The van der Waals surface area contributed by atoms with Gasteiger partial charge in [0.1, 0.15) is 23.6 Å². The summed E-state index contributed by atoms with van der Waals surface area (Å²) in [5, 5.41) is 4.82. The van der Waals surface area contributed by atoms with Crippen LogP contribution in [0.2, 0.25) is 0 Å². The number of anilines is 1. The third kappa shape index (κ3) is 2.50. The van der Waals surface area contributed by atoms with Crippen molar-refractivity contribution in [2.75, 3.05) is 20.0 Å². The Kier molecular flexibility index (Phi) is 3.50. The van der Waals surface area contributed by atoms with Gasteiger partial charge in [0.25, 0.3) is 0 Å². The van der Waals surface area contributed by atoms with E-state index in [2.05, 4.69) is 27.0 Å². The minimum absolute atomic E-state index is 0.376. The first-order valence-corrected chi connectivity index (χ1v) is 6.40. The molecule has 2 N–H and O–H groups in total. The van der Waals surface area contributed by atoms with Crippen molar-refractivity contribution in [2.24, 2.45) is 0 Å². The van der Waals surface area contributed by atoms with Crippen LogP contribution in [0.15, 0.2) is 30.7 Å². The number of nitrogen functional groups attached to an aromatic ring is 1. The van der Waals surface area contributed by atoms with E-state index < -0.39 is 0 Å². The average molecular weight is 295 g/mol. The molecule has 0 saturated carbocycles. The maximum absolute atomic E-state index is 5.77. The Balaban J connectivity index is 2.03. The van der Waals surface area contributed by atoms with Crippen molar-refractivity contribution in [3.05, 3.63) is 36.3 Å². The second-order valence-electron chi connectivity index (χ2n) is 4.39. The predicted molar refractivity (Wildman–Crippen MR) is 81.6 cm³/mol. The Morgan fingerprint density at radius 3 is 2.50 bits per heavy atom. The zero-order valence-electron chi connectivity index (χ0n) is 12.1. The molecule has 1 aromatic carbocycles. The smallest absolute Gasteiger partial charge is 0.177 e. The molecule has 0 aliphatic heterocycles. The highest BCUT2D eigenvalue weighted by atomic mass is 16.5. The van der Waals surface area contributed by atoms with Crippen LogP contribution < -0.4 is 15.2 Å². The molecule has 0 atom stereocenters. The Bertz CT molecular complexity index is 870. The number of rotatable bonds is 2. The number of fused-ring (bicyclic) bond motifs is 1. The van der Waals surface area contributed by atoms with E-state index in [4.69, 9.17) is 15.2 Å². The standard InChI is InChI=1S/C15H13N5O2/c1-21-11-5-10(6-12(7-11)22-2)3-4-20-15-13(8-19-20)14(16)17-9-18-15/h5-9H,1-2H3,(H2,16,17,18). The van der Waals surface area contributed by atoms with Crippen LogP contribution in [-0.2, 0) is 0 Å². The third-order valence-corrected chi connectivity index (χ3v) is 3.05. The van der Waals surface area contributed by atoms with E-state index in [0.717, 1.165) is 5.56 Å². The van der Waals surface area contributed by atoms with Crippen molar-refractivity contribution in [1.29, 1.82) is 0 Å². The number of aromatic nitrogens is 4. The molecule has 0 amide bonds. The first-order valence-electron chi connectivity index (χ1n) is 6.40. The summed E-state index contributed by atoms with van der Waals surface area (Å²) in [4.78, 5) is 8.06. The monoisotopic (exact) mass is 295 g/mol. The van der Waals surface area contributed by atoms with Gasteiger partial charge in [-0.2, -0.15) is 9.78 Å². The molecule has 0 bridgehead atoms. The van der Waals surface area contributed by atoms with Crippen molar-refractivity contribution in [3.8, 4) is 23.5 Å². The Hall–Kier alpha value is -3.27. The second kappa shape index (κ2) is 5.61. The summed E-state index contributed by atoms with van der Waals surface area (Å²) >= 11 is 0. The highest BCUT2D eigenvalue weighted by molar-refractivity contribution is 5.85. The molecule has 0 saturated heterocycles. The first-order chi connectivity index (χ1) is 10.7. The zero-order valence-corrected chi connectivity index (χ0v) is 12.1. The molecule has 0 radical (unpaired) electrons. The molecule has 3 rings (SSSR count). The van der Waals surface area contributed by atoms with Crippen LogP contribution in [0, 0.1) is 12.0 Å². The van der Waals surface area contributed by atoms with Crippen LogP contribution in [0.25, 0.3) is 11.0 Å². The van der Waals surface area contributed by atoms with Gasteiger partial charge in [-0.3, -0.25) is 0 Å². The minimum atomic E-state index is 0.376. The molecule has 0 spiro atoms. The van der Waals surface area contributed by atoms with Crippen LogP contribution in [0.5, 0.6) is 11.5 Å². The van der Waals surface area contributed by atoms with Gasteiger partial charge < -0.3 is 15.2 Å². The Labute approximate surface area is 126 Å². The van der Waals surface area contributed by atoms with Gasteiger partial charge in [-0.15, -0.1) is 0 Å². The van der Waals surface area contributed by atoms with Gasteiger partial charge >= 0.3 is 0 Å². The normalized spacial score (nSPS) is 10.1. The Morgan fingerprint density at radius 1 is 1.09 bits per heavy atom. The lowest BCUT2D eigenvalue weighted by molar-refractivity contribution is 0.394. The molecule has 22 heavy (non-hydrogen) atoms. The zero-order chi connectivity index (χ0) is 15.5. The van der Waals surface area contributed by atoms with Crippen LogP contribution in [-0.4, -0.2) is 34.0 Å². The van der Waals surface area contributed by atoms with E-state index in [9.17, 15) is 0 Å². The summed E-state index contributed by atoms with van der Waals surface area (Å²) in [6.45, 7) is 0. The molecular weight excluding hydrogens is 282 g/mol. The number of ether oxygens (including phenoxy) is 2. The van der Waals surface area contributed by atoms with Gasteiger partial charge in [0.15, 0.2) is 5.65 Å². The molecule has 0 unspecified atom stereocenters. The van der Waals surface area contributed by atoms with Crippen molar-refractivity contribution in [2.45, 2.75) is 0 Å². The van der Waals surface area contributed by atoms with Gasteiger partial charge in [0, 0.05) is 17.7 Å². The molecule has 7 nitrogen and oxygen atoms in total. The molecule has 2 aromatic heterocycles. The lowest BCUT2D eigenvalue weighted by atomic mass is 10.2. The van der Waals surface area contributed by atoms with Crippen molar-refractivity contribution in [3.63, 3.8) is 0 Å². The van der Waals surface area contributed by atoms with E-state index in [0.29, 0.717) is 28.4 Å². The minimum Gasteiger partial charge on any atom is -0.497 e. The molecule has 0 aliphatic rings. The fraction of sp³-hybridized carbons (Fsp3) is 0.133. The number of methoxy groups -OCH3 is 2. The topological polar surface area (TPSA) is 88.1 Å². The lowest BCUT2D eigenvalue weighted by Gasteiger charge is -2.04. The average Bonchev–Trinajstić information content (AvgIpc) is 2.97. The van der Waals surface area contributed by atoms with Gasteiger partial charge in [-0.05, 0) is 18.1 Å². The van der Waals surface area contributed by atoms with E-state index in [-0.39, 0.29) is 0 Å². The van der Waals surface area contributed by atoms with E-state index >= 15 is 0 Å². The maximum Gasteiger partial charge on any atom is 0.177 e. The van der Waals surface area contributed by atoms with Crippen molar-refractivity contribution in [1.82, 2.24) is 19.7 Å². The molecule has 2 heterocycles. The molecule has 0 aliphatic carbocycles. The highest BCUT2D eigenvalue weighted by Crippen LogP contribution is 2.22. The van der Waals surface area contributed by atoms with E-state index in [1.165, 1.54) is 11.0 Å². The number of nitrogens with two attached hydrogens (primary N) is 1. The largest absolute Gasteiger partial charge is 0.497 e. The van der Waals surface area contributed by atoms with Gasteiger partial charge in [-0.1, -0.05) is 0 Å². The predicted octanol–water partition coefficient (Wildman–Crippen LogP) is 1.28. The van der Waals surface area contributed by atoms with Crippen molar-refractivity contribution < 1.29 is 9.47 Å². The second-order valence-corrected chi connectivity index (χ2v) is 4.39. The fourth-order valence-corrected chi connectivity index (χ4v) is 1.94. The molecule has 0 fully saturated rings. The summed E-state index contributed by atoms with van der Waals surface area (Å²) in [5.74, 6) is 4.71. The van der Waals surface area contributed by atoms with Crippen LogP contribution >= 0.6 is 0 Å². The maximum atomic E-state index is 5.77. The Morgan fingerprint density at radius 2 is 1.82 bits per heavy atom. The number of hydrogen-bond donors (Lipinski definition) is 1.